The monoisotopic (exact) mass is 412 g/mol. The average molecular weight is 412 g/mol. The zero-order chi connectivity index (χ0) is 20.9. The highest BCUT2D eigenvalue weighted by Crippen LogP contribution is 2.35. The molecular weight excluding hydrogens is 384 g/mol. The fourth-order valence-corrected chi connectivity index (χ4v) is 3.81. The fourth-order valence-electron chi connectivity index (χ4n) is 3.81. The topological polar surface area (TPSA) is 68.3 Å². The SMILES string of the molecule is COCCN1CCN(Cc2ccc(-c3oc4ccccc4c3COC(C)=O)o2)CC1. The van der Waals surface area contributed by atoms with Crippen molar-refractivity contribution in [2.75, 3.05) is 46.4 Å². The molecule has 7 heteroatoms. The summed E-state index contributed by atoms with van der Waals surface area (Å²) in [5.41, 5.74) is 1.58. The second-order valence-electron chi connectivity index (χ2n) is 7.56. The van der Waals surface area contributed by atoms with Crippen LogP contribution in [0.3, 0.4) is 0 Å². The number of esters is 1. The van der Waals surface area contributed by atoms with Gasteiger partial charge in [-0.15, -0.1) is 0 Å². The smallest absolute Gasteiger partial charge is 0.302 e. The standard InChI is InChI=1S/C23H28N2O5/c1-17(26)28-16-20-19-5-3-4-6-21(19)30-23(20)22-8-7-18(29-22)15-25-11-9-24(10-12-25)13-14-27-2/h3-8H,9-16H2,1-2H3. The first-order valence-electron chi connectivity index (χ1n) is 10.3. The molecule has 160 valence electrons. The Morgan fingerprint density at radius 2 is 1.80 bits per heavy atom. The number of benzene rings is 1. The number of nitrogens with zero attached hydrogens (tertiary/aromatic N) is 2. The summed E-state index contributed by atoms with van der Waals surface area (Å²) in [6.45, 7) is 8.14. The molecule has 3 aromatic rings. The summed E-state index contributed by atoms with van der Waals surface area (Å²) >= 11 is 0. The molecule has 0 aliphatic carbocycles. The van der Waals surface area contributed by atoms with E-state index in [0.717, 1.165) is 68.2 Å². The number of carbonyl (C=O) groups excluding carboxylic acids is 1. The quantitative estimate of drug-likeness (QED) is 0.524. The number of ether oxygens (including phenoxy) is 2. The molecule has 0 radical (unpaired) electrons. The Bertz CT molecular complexity index is 985. The van der Waals surface area contributed by atoms with Gasteiger partial charge in [-0.3, -0.25) is 14.6 Å². The summed E-state index contributed by atoms with van der Waals surface area (Å²) in [7, 11) is 1.74. The number of methoxy groups -OCH3 is 1. The first-order chi connectivity index (χ1) is 14.6. The summed E-state index contributed by atoms with van der Waals surface area (Å²) in [6.07, 6.45) is 0. The predicted octanol–water partition coefficient (Wildman–Crippen LogP) is 3.52. The molecule has 1 saturated heterocycles. The fraction of sp³-hybridized carbons (Fsp3) is 0.435. The Labute approximate surface area is 176 Å². The Morgan fingerprint density at radius 1 is 1.03 bits per heavy atom. The number of hydrogen-bond donors (Lipinski definition) is 0. The van der Waals surface area contributed by atoms with Gasteiger partial charge in [-0.1, -0.05) is 18.2 Å². The number of para-hydroxylation sites is 1. The molecule has 1 aliphatic rings. The molecule has 0 atom stereocenters. The van der Waals surface area contributed by atoms with Crippen molar-refractivity contribution in [1.29, 1.82) is 0 Å². The maximum atomic E-state index is 11.3. The van der Waals surface area contributed by atoms with Gasteiger partial charge >= 0.3 is 5.97 Å². The lowest BCUT2D eigenvalue weighted by Gasteiger charge is -2.33. The molecule has 2 aromatic heterocycles. The van der Waals surface area contributed by atoms with E-state index in [1.54, 1.807) is 7.11 Å². The van der Waals surface area contributed by atoms with Crippen LogP contribution in [-0.4, -0.2) is 62.2 Å². The summed E-state index contributed by atoms with van der Waals surface area (Å²) in [5.74, 6) is 1.85. The van der Waals surface area contributed by atoms with Crippen LogP contribution in [0.5, 0.6) is 0 Å². The lowest BCUT2D eigenvalue weighted by molar-refractivity contribution is -0.142. The Balaban J connectivity index is 1.47. The molecule has 30 heavy (non-hydrogen) atoms. The minimum absolute atomic E-state index is 0.154. The second-order valence-corrected chi connectivity index (χ2v) is 7.56. The summed E-state index contributed by atoms with van der Waals surface area (Å²) in [5, 5.41) is 0.930. The second kappa shape index (κ2) is 9.47. The molecular formula is C23H28N2O5. The van der Waals surface area contributed by atoms with E-state index in [0.29, 0.717) is 11.5 Å². The van der Waals surface area contributed by atoms with Crippen molar-refractivity contribution in [2.24, 2.45) is 0 Å². The van der Waals surface area contributed by atoms with Crippen LogP contribution in [0, 0.1) is 0 Å². The maximum absolute atomic E-state index is 11.3. The van der Waals surface area contributed by atoms with Gasteiger partial charge in [0.1, 0.15) is 18.0 Å². The minimum Gasteiger partial charge on any atom is -0.461 e. The largest absolute Gasteiger partial charge is 0.461 e. The van der Waals surface area contributed by atoms with E-state index < -0.39 is 0 Å². The van der Waals surface area contributed by atoms with Crippen LogP contribution >= 0.6 is 0 Å². The van der Waals surface area contributed by atoms with Crippen LogP contribution < -0.4 is 0 Å². The van der Waals surface area contributed by atoms with E-state index in [2.05, 4.69) is 9.80 Å². The number of hydrogen-bond acceptors (Lipinski definition) is 7. The molecule has 1 aliphatic heterocycles. The van der Waals surface area contributed by atoms with Crippen LogP contribution in [0.15, 0.2) is 45.2 Å². The Morgan fingerprint density at radius 3 is 2.57 bits per heavy atom. The van der Waals surface area contributed by atoms with Crippen molar-refractivity contribution in [1.82, 2.24) is 9.80 Å². The first-order valence-corrected chi connectivity index (χ1v) is 10.3. The van der Waals surface area contributed by atoms with E-state index >= 15 is 0 Å². The molecule has 0 saturated carbocycles. The number of furan rings is 2. The highest BCUT2D eigenvalue weighted by Gasteiger charge is 2.21. The Kier molecular flexibility index (Phi) is 6.52. The number of rotatable bonds is 8. The van der Waals surface area contributed by atoms with Crippen LogP contribution in [-0.2, 0) is 27.4 Å². The number of carbonyl (C=O) groups is 1. The molecule has 0 spiro atoms. The van der Waals surface area contributed by atoms with Crippen molar-refractivity contribution in [3.8, 4) is 11.5 Å². The Hall–Kier alpha value is -2.61. The third-order valence-electron chi connectivity index (χ3n) is 5.46. The van der Waals surface area contributed by atoms with Crippen LogP contribution in [0.1, 0.15) is 18.2 Å². The van der Waals surface area contributed by atoms with Crippen LogP contribution in [0.25, 0.3) is 22.5 Å². The average Bonchev–Trinajstić information content (AvgIpc) is 3.36. The summed E-state index contributed by atoms with van der Waals surface area (Å²) in [6, 6.07) is 11.7. The zero-order valence-corrected chi connectivity index (χ0v) is 17.6. The van der Waals surface area contributed by atoms with E-state index in [4.69, 9.17) is 18.3 Å². The third-order valence-corrected chi connectivity index (χ3v) is 5.46. The summed E-state index contributed by atoms with van der Waals surface area (Å²) < 4.78 is 22.6. The highest BCUT2D eigenvalue weighted by atomic mass is 16.5. The molecule has 1 aromatic carbocycles. The van der Waals surface area contributed by atoms with Gasteiger partial charge in [0.05, 0.1) is 13.2 Å². The van der Waals surface area contributed by atoms with Gasteiger partial charge in [0.2, 0.25) is 0 Å². The van der Waals surface area contributed by atoms with Gasteiger partial charge in [-0.25, -0.2) is 0 Å². The molecule has 0 unspecified atom stereocenters. The lowest BCUT2D eigenvalue weighted by Crippen LogP contribution is -2.46. The number of piperazine rings is 1. The lowest BCUT2D eigenvalue weighted by atomic mass is 10.1. The minimum atomic E-state index is -0.323. The maximum Gasteiger partial charge on any atom is 0.302 e. The molecule has 7 nitrogen and oxygen atoms in total. The molecule has 3 heterocycles. The molecule has 0 N–H and O–H groups in total. The predicted molar refractivity (Wildman–Crippen MR) is 113 cm³/mol. The van der Waals surface area contributed by atoms with Crippen LogP contribution in [0.2, 0.25) is 0 Å². The van der Waals surface area contributed by atoms with Crippen molar-refractivity contribution in [3.63, 3.8) is 0 Å². The van der Waals surface area contributed by atoms with Crippen LogP contribution in [0.4, 0.5) is 0 Å². The molecule has 0 amide bonds. The zero-order valence-electron chi connectivity index (χ0n) is 17.6. The van der Waals surface area contributed by atoms with E-state index in [9.17, 15) is 4.79 Å². The highest BCUT2D eigenvalue weighted by molar-refractivity contribution is 5.87. The van der Waals surface area contributed by atoms with Crippen molar-refractivity contribution in [2.45, 2.75) is 20.1 Å². The summed E-state index contributed by atoms with van der Waals surface area (Å²) in [4.78, 5) is 16.2. The van der Waals surface area contributed by atoms with Gasteiger partial charge in [0.15, 0.2) is 11.5 Å². The normalized spacial score (nSPS) is 15.7. The van der Waals surface area contributed by atoms with Gasteiger partial charge in [0.25, 0.3) is 0 Å². The molecule has 1 fully saturated rings. The van der Waals surface area contributed by atoms with E-state index in [-0.39, 0.29) is 12.6 Å². The van der Waals surface area contributed by atoms with E-state index in [1.165, 1.54) is 6.92 Å². The number of fused-ring (bicyclic) bond motifs is 1. The third kappa shape index (κ3) is 4.75. The van der Waals surface area contributed by atoms with Gasteiger partial charge in [-0.05, 0) is 18.2 Å². The molecule has 4 rings (SSSR count). The van der Waals surface area contributed by atoms with Gasteiger partial charge in [-0.2, -0.15) is 0 Å². The first kappa shape index (κ1) is 20.7. The van der Waals surface area contributed by atoms with Crippen molar-refractivity contribution < 1.29 is 23.1 Å². The van der Waals surface area contributed by atoms with E-state index in [1.807, 2.05) is 36.4 Å². The van der Waals surface area contributed by atoms with Crippen molar-refractivity contribution in [3.05, 3.63) is 47.7 Å². The van der Waals surface area contributed by atoms with Crippen molar-refractivity contribution >= 4 is 16.9 Å². The van der Waals surface area contributed by atoms with Gasteiger partial charge in [0, 0.05) is 57.7 Å². The molecule has 0 bridgehead atoms. The van der Waals surface area contributed by atoms with Gasteiger partial charge < -0.3 is 18.3 Å².